The Hall–Kier alpha value is -0.260. The molecule has 3 unspecified atom stereocenters. The number of rotatable bonds is 4. The molecule has 3 nitrogen and oxygen atoms in total. The van der Waals surface area contributed by atoms with Crippen LogP contribution in [0, 0.1) is 52.3 Å². The van der Waals surface area contributed by atoms with Gasteiger partial charge in [-0.2, -0.15) is 0 Å². The Morgan fingerprint density at radius 2 is 1.68 bits per heavy atom. The van der Waals surface area contributed by atoms with Gasteiger partial charge in [-0.25, -0.2) is 8.78 Å². The van der Waals surface area contributed by atoms with Crippen LogP contribution in [-0.2, 0) is 0 Å². The van der Waals surface area contributed by atoms with Gasteiger partial charge < -0.3 is 15.3 Å². The molecule has 0 bridgehead atoms. The van der Waals surface area contributed by atoms with Crippen LogP contribution < -0.4 is 0 Å². The van der Waals surface area contributed by atoms with E-state index in [9.17, 15) is 24.1 Å². The first-order valence-electron chi connectivity index (χ1n) is 12.8. The summed E-state index contributed by atoms with van der Waals surface area (Å²) < 4.78 is 27.7. The van der Waals surface area contributed by atoms with Gasteiger partial charge in [-0.15, -0.1) is 0 Å². The van der Waals surface area contributed by atoms with Gasteiger partial charge in [0.1, 0.15) is 0 Å². The van der Waals surface area contributed by atoms with Crippen molar-refractivity contribution in [2.75, 3.05) is 0 Å². The molecule has 4 rings (SSSR count). The quantitative estimate of drug-likeness (QED) is 0.556. The van der Waals surface area contributed by atoms with E-state index in [1.165, 1.54) is 0 Å². The van der Waals surface area contributed by atoms with Crippen LogP contribution in [0.25, 0.3) is 0 Å². The number of aliphatic hydroxyl groups excluding tert-OH is 3. The van der Waals surface area contributed by atoms with Crippen molar-refractivity contribution in [2.24, 2.45) is 52.3 Å². The smallest absolute Gasteiger partial charge is 0.245 e. The fraction of sp³-hybridized carbons (Fsp3) is 1.00. The fourth-order valence-corrected chi connectivity index (χ4v) is 9.60. The summed E-state index contributed by atoms with van der Waals surface area (Å²) in [4.78, 5) is 0. The van der Waals surface area contributed by atoms with E-state index in [-0.39, 0.29) is 59.4 Å². The highest BCUT2D eigenvalue weighted by Gasteiger charge is 2.67. The monoisotopic (exact) mass is 442 g/mol. The maximum absolute atomic E-state index is 13.8. The maximum Gasteiger partial charge on any atom is 0.245 e. The van der Waals surface area contributed by atoms with Gasteiger partial charge in [0.15, 0.2) is 0 Å². The molecule has 5 heteroatoms. The zero-order valence-electron chi connectivity index (χ0n) is 20.0. The number of aliphatic hydroxyl groups is 3. The minimum atomic E-state index is -2.70. The summed E-state index contributed by atoms with van der Waals surface area (Å²) in [6, 6.07) is 0. The van der Waals surface area contributed by atoms with Crippen LogP contribution in [-0.4, -0.2) is 39.6 Å². The van der Waals surface area contributed by atoms with E-state index < -0.39 is 23.5 Å². The molecule has 0 aliphatic heterocycles. The molecule has 4 aliphatic carbocycles. The second-order valence-electron chi connectivity index (χ2n) is 12.4. The lowest BCUT2D eigenvalue weighted by Crippen LogP contribution is -2.65. The predicted octanol–water partition coefficient (Wildman–Crippen LogP) is 5.27. The third-order valence-electron chi connectivity index (χ3n) is 10.9. The van der Waals surface area contributed by atoms with Gasteiger partial charge in [0.2, 0.25) is 5.92 Å². The van der Waals surface area contributed by atoms with Crippen molar-refractivity contribution in [1.29, 1.82) is 0 Å². The average Bonchev–Trinajstić information content (AvgIpc) is 3.02. The van der Waals surface area contributed by atoms with Gasteiger partial charge in [-0.05, 0) is 97.7 Å². The molecule has 4 aliphatic rings. The topological polar surface area (TPSA) is 60.7 Å². The molecule has 3 N–H and O–H groups in total. The van der Waals surface area contributed by atoms with Crippen molar-refractivity contribution < 1.29 is 24.1 Å². The summed E-state index contributed by atoms with van der Waals surface area (Å²) in [6.45, 7) is 9.56. The first-order chi connectivity index (χ1) is 14.3. The Morgan fingerprint density at radius 1 is 1.00 bits per heavy atom. The molecular weight excluding hydrogens is 398 g/mol. The van der Waals surface area contributed by atoms with E-state index in [0.717, 1.165) is 45.4 Å². The number of halogens is 2. The van der Waals surface area contributed by atoms with E-state index >= 15 is 0 Å². The zero-order valence-corrected chi connectivity index (χ0v) is 20.0. The first kappa shape index (κ1) is 23.9. The van der Waals surface area contributed by atoms with Crippen LogP contribution in [0.1, 0.15) is 86.0 Å². The summed E-state index contributed by atoms with van der Waals surface area (Å²) in [7, 11) is 0. The standard InChI is InChI=1S/C26H44F2O3/c1-6-16-19-11-15(29)9-10-24(19,3)20-12-21(30)26(5)17(14(2)13-25(4,27)28)7-8-18(26)22(20)23(16)31/h14-23,29-31H,6-13H2,1-5H3/t14-,15-,16-,17-,18?,19+,20?,21+,22?,23-,24+,26-/m1/s1. The molecule has 12 atom stereocenters. The molecule has 0 heterocycles. The summed E-state index contributed by atoms with van der Waals surface area (Å²) in [6.07, 6.45) is 4.43. The summed E-state index contributed by atoms with van der Waals surface area (Å²) in [5.41, 5.74) is -0.394. The number of fused-ring (bicyclic) bond motifs is 5. The Bertz CT molecular complexity index is 666. The van der Waals surface area contributed by atoms with Crippen LogP contribution in [0.5, 0.6) is 0 Å². The molecule has 180 valence electrons. The van der Waals surface area contributed by atoms with Gasteiger partial charge in [0, 0.05) is 6.42 Å². The minimum absolute atomic E-state index is 0.0201. The summed E-state index contributed by atoms with van der Waals surface area (Å²) >= 11 is 0. The molecule has 0 aromatic heterocycles. The number of alkyl halides is 2. The lowest BCUT2D eigenvalue weighted by Gasteiger charge is -2.65. The normalized spacial score (nSPS) is 53.4. The second kappa shape index (κ2) is 7.91. The SMILES string of the molecule is CC[C@H]1[C@@H](O)C2C3CC[C@H]([C@H](C)CC(C)(F)F)[C@@]3(C)[C@@H](O)CC2[C@@]2(C)CC[C@@H](O)C[C@@H]12. The van der Waals surface area contributed by atoms with E-state index in [1.807, 2.05) is 6.92 Å². The molecule has 4 saturated carbocycles. The van der Waals surface area contributed by atoms with Gasteiger partial charge in [0.25, 0.3) is 0 Å². The van der Waals surface area contributed by atoms with Crippen LogP contribution in [0.2, 0.25) is 0 Å². The van der Waals surface area contributed by atoms with Crippen molar-refractivity contribution in [2.45, 2.75) is 110 Å². The van der Waals surface area contributed by atoms with E-state index in [1.54, 1.807) is 0 Å². The van der Waals surface area contributed by atoms with Gasteiger partial charge >= 0.3 is 0 Å². The van der Waals surface area contributed by atoms with Crippen molar-refractivity contribution >= 4 is 0 Å². The second-order valence-corrected chi connectivity index (χ2v) is 12.4. The Morgan fingerprint density at radius 3 is 2.29 bits per heavy atom. The molecule has 4 fully saturated rings. The molecule has 0 spiro atoms. The van der Waals surface area contributed by atoms with Crippen LogP contribution in [0.4, 0.5) is 8.78 Å². The highest BCUT2D eigenvalue weighted by Crippen LogP contribution is 2.69. The molecule has 0 aromatic rings. The van der Waals surface area contributed by atoms with Gasteiger partial charge in [0.05, 0.1) is 18.3 Å². The predicted molar refractivity (Wildman–Crippen MR) is 118 cm³/mol. The van der Waals surface area contributed by atoms with E-state index in [2.05, 4.69) is 20.8 Å². The maximum atomic E-state index is 13.8. The molecule has 0 aromatic carbocycles. The molecule has 0 saturated heterocycles. The largest absolute Gasteiger partial charge is 0.393 e. The van der Waals surface area contributed by atoms with Crippen molar-refractivity contribution in [3.63, 3.8) is 0 Å². The highest BCUT2D eigenvalue weighted by atomic mass is 19.3. The van der Waals surface area contributed by atoms with Gasteiger partial charge in [-0.3, -0.25) is 0 Å². The van der Waals surface area contributed by atoms with Gasteiger partial charge in [-0.1, -0.05) is 34.1 Å². The molecule has 0 amide bonds. The third kappa shape index (κ3) is 3.60. The van der Waals surface area contributed by atoms with Crippen LogP contribution >= 0.6 is 0 Å². The lowest BCUT2D eigenvalue weighted by atomic mass is 9.41. The van der Waals surface area contributed by atoms with Crippen molar-refractivity contribution in [3.05, 3.63) is 0 Å². The Kier molecular flexibility index (Phi) is 6.09. The number of hydrogen-bond acceptors (Lipinski definition) is 3. The number of hydrogen-bond donors (Lipinski definition) is 3. The fourth-order valence-electron chi connectivity index (χ4n) is 9.60. The van der Waals surface area contributed by atoms with E-state index in [0.29, 0.717) is 6.42 Å². The average molecular weight is 443 g/mol. The van der Waals surface area contributed by atoms with Crippen LogP contribution in [0.15, 0.2) is 0 Å². The molecule has 0 radical (unpaired) electrons. The molecular formula is C26H44F2O3. The summed E-state index contributed by atoms with van der Waals surface area (Å²) in [5.74, 6) is -1.82. The Labute approximate surface area is 187 Å². The minimum Gasteiger partial charge on any atom is -0.393 e. The molecule has 31 heavy (non-hydrogen) atoms. The third-order valence-corrected chi connectivity index (χ3v) is 10.9. The Balaban J connectivity index is 1.69. The lowest BCUT2D eigenvalue weighted by molar-refractivity contribution is -0.229. The van der Waals surface area contributed by atoms with E-state index in [4.69, 9.17) is 0 Å². The van der Waals surface area contributed by atoms with Crippen molar-refractivity contribution in [1.82, 2.24) is 0 Å². The van der Waals surface area contributed by atoms with Crippen LogP contribution in [0.3, 0.4) is 0 Å². The highest BCUT2D eigenvalue weighted by molar-refractivity contribution is 5.15. The van der Waals surface area contributed by atoms with Crippen molar-refractivity contribution in [3.8, 4) is 0 Å². The first-order valence-corrected chi connectivity index (χ1v) is 12.8. The summed E-state index contributed by atoms with van der Waals surface area (Å²) in [5, 5.41) is 33.6. The zero-order chi connectivity index (χ0) is 22.9.